The number of aryl methyl sites for hydroxylation is 1. The predicted molar refractivity (Wildman–Crippen MR) is 104 cm³/mol. The Labute approximate surface area is 156 Å². The molecular formula is C21H31N3O2. The van der Waals surface area contributed by atoms with Crippen LogP contribution in [0.5, 0.6) is 0 Å². The molecule has 2 aliphatic rings. The third-order valence-electron chi connectivity index (χ3n) is 5.58. The van der Waals surface area contributed by atoms with Crippen LogP contribution in [-0.4, -0.2) is 49.4 Å². The molecule has 26 heavy (non-hydrogen) atoms. The second kappa shape index (κ2) is 9.17. The molecule has 2 amide bonds. The van der Waals surface area contributed by atoms with Gasteiger partial charge in [0.15, 0.2) is 0 Å². The normalized spacial score (nSPS) is 21.2. The minimum atomic E-state index is -0.532. The summed E-state index contributed by atoms with van der Waals surface area (Å²) in [5.41, 5.74) is 2.15. The number of nitrogens with zero attached hydrogens (tertiary/aromatic N) is 2. The zero-order valence-corrected chi connectivity index (χ0v) is 15.9. The molecule has 0 saturated carbocycles. The van der Waals surface area contributed by atoms with Crippen molar-refractivity contribution in [3.8, 4) is 0 Å². The summed E-state index contributed by atoms with van der Waals surface area (Å²) in [5, 5.41) is 2.97. The summed E-state index contributed by atoms with van der Waals surface area (Å²) in [7, 11) is 0. The number of hydrogen-bond acceptors (Lipinski definition) is 3. The number of amides is 2. The first-order valence-electron chi connectivity index (χ1n) is 10.1. The zero-order valence-electron chi connectivity index (χ0n) is 15.9. The van der Waals surface area contributed by atoms with Gasteiger partial charge in [-0.2, -0.15) is 0 Å². The SMILES string of the molecule is CCc1ccc(N2CCC(C(=O)NCCCN3CCCCC3)C2=O)cc1. The highest BCUT2D eigenvalue weighted by Gasteiger charge is 2.37. The standard InChI is InChI=1S/C21H31N3O2/c1-2-17-7-9-18(10-8-17)24-16-11-19(21(24)26)20(25)22-12-6-15-23-13-4-3-5-14-23/h7-10,19H,2-6,11-16H2,1H3,(H,22,25). The van der Waals surface area contributed by atoms with Gasteiger partial charge in [-0.3, -0.25) is 9.59 Å². The number of piperidine rings is 1. The van der Waals surface area contributed by atoms with Crippen LogP contribution in [0.25, 0.3) is 0 Å². The molecule has 2 aliphatic heterocycles. The van der Waals surface area contributed by atoms with E-state index in [1.165, 1.54) is 37.9 Å². The van der Waals surface area contributed by atoms with Crippen LogP contribution in [0, 0.1) is 5.92 Å². The van der Waals surface area contributed by atoms with E-state index in [1.807, 2.05) is 12.1 Å². The van der Waals surface area contributed by atoms with Crippen molar-refractivity contribution >= 4 is 17.5 Å². The van der Waals surface area contributed by atoms with Gasteiger partial charge in [-0.15, -0.1) is 0 Å². The average molecular weight is 357 g/mol. The van der Waals surface area contributed by atoms with Gasteiger partial charge in [0.05, 0.1) is 0 Å². The summed E-state index contributed by atoms with van der Waals surface area (Å²) in [5.74, 6) is -0.708. The van der Waals surface area contributed by atoms with Crippen molar-refractivity contribution in [3.05, 3.63) is 29.8 Å². The predicted octanol–water partition coefficient (Wildman–Crippen LogP) is 2.59. The smallest absolute Gasteiger partial charge is 0.239 e. The van der Waals surface area contributed by atoms with Crippen LogP contribution in [-0.2, 0) is 16.0 Å². The summed E-state index contributed by atoms with van der Waals surface area (Å²) < 4.78 is 0. The highest BCUT2D eigenvalue weighted by atomic mass is 16.2. The van der Waals surface area contributed by atoms with Gasteiger partial charge in [-0.05, 0) is 69.4 Å². The van der Waals surface area contributed by atoms with E-state index in [1.54, 1.807) is 4.90 Å². The molecular weight excluding hydrogens is 326 g/mol. The Kier molecular flexibility index (Phi) is 6.67. The summed E-state index contributed by atoms with van der Waals surface area (Å²) in [6, 6.07) is 8.07. The second-order valence-corrected chi connectivity index (χ2v) is 7.40. The van der Waals surface area contributed by atoms with Crippen molar-refractivity contribution in [1.82, 2.24) is 10.2 Å². The molecule has 5 heteroatoms. The molecule has 0 spiro atoms. The van der Waals surface area contributed by atoms with Crippen LogP contribution < -0.4 is 10.2 Å². The number of benzene rings is 1. The Morgan fingerprint density at radius 1 is 1.12 bits per heavy atom. The van der Waals surface area contributed by atoms with Gasteiger partial charge in [-0.25, -0.2) is 0 Å². The number of hydrogen-bond donors (Lipinski definition) is 1. The largest absolute Gasteiger partial charge is 0.355 e. The monoisotopic (exact) mass is 357 g/mol. The first kappa shape index (κ1) is 18.9. The average Bonchev–Trinajstić information content (AvgIpc) is 3.07. The van der Waals surface area contributed by atoms with Crippen molar-refractivity contribution in [2.24, 2.45) is 5.92 Å². The van der Waals surface area contributed by atoms with Crippen LogP contribution in [0.1, 0.15) is 44.6 Å². The van der Waals surface area contributed by atoms with Gasteiger partial charge < -0.3 is 15.1 Å². The van der Waals surface area contributed by atoms with Crippen LogP contribution in [0.15, 0.2) is 24.3 Å². The molecule has 5 nitrogen and oxygen atoms in total. The molecule has 1 unspecified atom stereocenters. The van der Waals surface area contributed by atoms with Gasteiger partial charge in [0.1, 0.15) is 5.92 Å². The Balaban J connectivity index is 1.43. The van der Waals surface area contributed by atoms with Crippen molar-refractivity contribution in [2.45, 2.75) is 45.4 Å². The topological polar surface area (TPSA) is 52.7 Å². The molecule has 3 rings (SSSR count). The molecule has 0 aromatic heterocycles. The van der Waals surface area contributed by atoms with Gasteiger partial charge in [0.2, 0.25) is 11.8 Å². The van der Waals surface area contributed by atoms with Gasteiger partial charge in [-0.1, -0.05) is 25.5 Å². The van der Waals surface area contributed by atoms with Crippen LogP contribution in [0.4, 0.5) is 5.69 Å². The molecule has 1 N–H and O–H groups in total. The minimum Gasteiger partial charge on any atom is -0.355 e. The molecule has 2 heterocycles. The van der Waals surface area contributed by atoms with E-state index < -0.39 is 5.92 Å². The molecule has 1 aromatic carbocycles. The summed E-state index contributed by atoms with van der Waals surface area (Å²) in [6.07, 6.45) is 6.46. The third-order valence-corrected chi connectivity index (χ3v) is 5.58. The van der Waals surface area contributed by atoms with E-state index in [9.17, 15) is 9.59 Å². The van der Waals surface area contributed by atoms with E-state index in [-0.39, 0.29) is 11.8 Å². The van der Waals surface area contributed by atoms with Crippen molar-refractivity contribution in [1.29, 1.82) is 0 Å². The highest BCUT2D eigenvalue weighted by molar-refractivity contribution is 6.09. The molecule has 1 aromatic rings. The number of anilines is 1. The second-order valence-electron chi connectivity index (χ2n) is 7.40. The lowest BCUT2D eigenvalue weighted by atomic mass is 10.1. The quantitative estimate of drug-likeness (QED) is 0.603. The minimum absolute atomic E-state index is 0.0669. The molecule has 0 radical (unpaired) electrons. The molecule has 2 saturated heterocycles. The van der Waals surface area contributed by atoms with Gasteiger partial charge in [0, 0.05) is 18.8 Å². The number of carbonyl (C=O) groups excluding carboxylic acids is 2. The third kappa shape index (κ3) is 4.64. The van der Waals surface area contributed by atoms with Crippen LogP contribution >= 0.6 is 0 Å². The number of nitrogens with one attached hydrogen (secondary N) is 1. The van der Waals surface area contributed by atoms with E-state index in [4.69, 9.17) is 0 Å². The van der Waals surface area contributed by atoms with E-state index in [0.29, 0.717) is 19.5 Å². The first-order chi connectivity index (χ1) is 12.7. The zero-order chi connectivity index (χ0) is 18.4. The van der Waals surface area contributed by atoms with E-state index >= 15 is 0 Å². The Bertz CT molecular complexity index is 608. The fraction of sp³-hybridized carbons (Fsp3) is 0.619. The van der Waals surface area contributed by atoms with Gasteiger partial charge >= 0.3 is 0 Å². The maximum absolute atomic E-state index is 12.6. The maximum atomic E-state index is 12.6. The molecule has 2 fully saturated rings. The van der Waals surface area contributed by atoms with Crippen LogP contribution in [0.3, 0.4) is 0 Å². The van der Waals surface area contributed by atoms with Gasteiger partial charge in [0.25, 0.3) is 0 Å². The van der Waals surface area contributed by atoms with Crippen molar-refractivity contribution in [3.63, 3.8) is 0 Å². The van der Waals surface area contributed by atoms with E-state index in [0.717, 1.165) is 25.1 Å². The Morgan fingerprint density at radius 2 is 1.85 bits per heavy atom. The first-order valence-corrected chi connectivity index (χ1v) is 10.1. The summed E-state index contributed by atoms with van der Waals surface area (Å²) in [4.78, 5) is 29.3. The summed E-state index contributed by atoms with van der Waals surface area (Å²) in [6.45, 7) is 6.79. The van der Waals surface area contributed by atoms with Crippen molar-refractivity contribution < 1.29 is 9.59 Å². The summed E-state index contributed by atoms with van der Waals surface area (Å²) >= 11 is 0. The fourth-order valence-electron chi connectivity index (χ4n) is 3.91. The fourth-order valence-corrected chi connectivity index (χ4v) is 3.91. The molecule has 0 aliphatic carbocycles. The Hall–Kier alpha value is -1.88. The maximum Gasteiger partial charge on any atom is 0.239 e. The molecule has 1 atom stereocenters. The Morgan fingerprint density at radius 3 is 2.54 bits per heavy atom. The lowest BCUT2D eigenvalue weighted by molar-refractivity contribution is -0.132. The number of rotatable bonds is 7. The molecule has 142 valence electrons. The van der Waals surface area contributed by atoms with Crippen molar-refractivity contribution in [2.75, 3.05) is 37.6 Å². The number of carbonyl (C=O) groups is 2. The number of likely N-dealkylation sites (tertiary alicyclic amines) is 1. The van der Waals surface area contributed by atoms with Crippen LogP contribution in [0.2, 0.25) is 0 Å². The van der Waals surface area contributed by atoms with E-state index in [2.05, 4.69) is 29.3 Å². The lowest BCUT2D eigenvalue weighted by Gasteiger charge is -2.26. The highest BCUT2D eigenvalue weighted by Crippen LogP contribution is 2.25. The lowest BCUT2D eigenvalue weighted by Crippen LogP contribution is -2.38. The molecule has 0 bridgehead atoms.